The molecule has 1 saturated heterocycles. The minimum absolute atomic E-state index is 0.486. The summed E-state index contributed by atoms with van der Waals surface area (Å²) in [4.78, 5) is 17.6. The van der Waals surface area contributed by atoms with Crippen LogP contribution in [0.2, 0.25) is 0 Å². The summed E-state index contributed by atoms with van der Waals surface area (Å²) in [5, 5.41) is 3.98. The SMILES string of the molecule is COc1ccnc(N2CCCC(N(C)Cc3noc(C)n3)CC2)n1. The van der Waals surface area contributed by atoms with Crippen molar-refractivity contribution in [1.82, 2.24) is 25.0 Å². The molecule has 1 aliphatic heterocycles. The number of aromatic nitrogens is 4. The number of aryl methyl sites for hydroxylation is 1. The van der Waals surface area contributed by atoms with Gasteiger partial charge >= 0.3 is 0 Å². The number of ether oxygens (including phenoxy) is 1. The number of methoxy groups -OCH3 is 1. The van der Waals surface area contributed by atoms with Gasteiger partial charge in [-0.3, -0.25) is 4.90 Å². The standard InChI is InChI=1S/C16H24N6O2/c1-12-18-14(20-24-12)11-21(2)13-5-4-9-22(10-7-13)16-17-8-6-15(19-16)23-3/h6,8,13H,4-5,7,9-11H2,1-3H3. The Morgan fingerprint density at radius 1 is 1.33 bits per heavy atom. The Labute approximate surface area is 141 Å². The molecule has 8 heteroatoms. The third-order valence-corrected chi connectivity index (χ3v) is 4.39. The van der Waals surface area contributed by atoms with Crippen molar-refractivity contribution in [3.8, 4) is 5.88 Å². The third-order valence-electron chi connectivity index (χ3n) is 4.39. The Bertz CT molecular complexity index is 662. The second-order valence-electron chi connectivity index (χ2n) is 6.12. The highest BCUT2D eigenvalue weighted by molar-refractivity contribution is 5.32. The fraction of sp³-hybridized carbons (Fsp3) is 0.625. The van der Waals surface area contributed by atoms with Crippen molar-refractivity contribution < 1.29 is 9.26 Å². The zero-order valence-corrected chi connectivity index (χ0v) is 14.5. The monoisotopic (exact) mass is 332 g/mol. The lowest BCUT2D eigenvalue weighted by atomic mass is 10.1. The summed E-state index contributed by atoms with van der Waals surface area (Å²) >= 11 is 0. The topological polar surface area (TPSA) is 80.4 Å². The Kier molecular flexibility index (Phi) is 5.24. The average molecular weight is 332 g/mol. The first-order chi connectivity index (χ1) is 11.7. The molecule has 3 heterocycles. The Balaban J connectivity index is 1.59. The van der Waals surface area contributed by atoms with E-state index in [0.717, 1.165) is 44.1 Å². The van der Waals surface area contributed by atoms with E-state index < -0.39 is 0 Å². The van der Waals surface area contributed by atoms with Crippen LogP contribution in [0.25, 0.3) is 0 Å². The molecule has 130 valence electrons. The minimum atomic E-state index is 0.486. The Morgan fingerprint density at radius 2 is 2.21 bits per heavy atom. The molecule has 0 bridgehead atoms. The maximum Gasteiger partial charge on any atom is 0.228 e. The van der Waals surface area contributed by atoms with E-state index in [2.05, 4.69) is 37.0 Å². The summed E-state index contributed by atoms with van der Waals surface area (Å²) in [6, 6.07) is 2.25. The fourth-order valence-electron chi connectivity index (χ4n) is 3.08. The number of hydrogen-bond acceptors (Lipinski definition) is 8. The van der Waals surface area contributed by atoms with Crippen LogP contribution in [0.3, 0.4) is 0 Å². The smallest absolute Gasteiger partial charge is 0.228 e. The highest BCUT2D eigenvalue weighted by Crippen LogP contribution is 2.21. The summed E-state index contributed by atoms with van der Waals surface area (Å²) in [5.41, 5.74) is 0. The number of anilines is 1. The number of nitrogens with zero attached hydrogens (tertiary/aromatic N) is 6. The highest BCUT2D eigenvalue weighted by Gasteiger charge is 2.23. The lowest BCUT2D eigenvalue weighted by Gasteiger charge is -2.26. The van der Waals surface area contributed by atoms with Gasteiger partial charge in [-0.15, -0.1) is 0 Å². The molecule has 1 atom stereocenters. The summed E-state index contributed by atoms with van der Waals surface area (Å²) in [6.45, 7) is 4.40. The second-order valence-corrected chi connectivity index (χ2v) is 6.12. The maximum absolute atomic E-state index is 5.20. The van der Waals surface area contributed by atoms with Crippen molar-refractivity contribution in [3.63, 3.8) is 0 Å². The lowest BCUT2D eigenvalue weighted by molar-refractivity contribution is 0.209. The van der Waals surface area contributed by atoms with Gasteiger partial charge in [0.25, 0.3) is 0 Å². The van der Waals surface area contributed by atoms with E-state index in [1.165, 1.54) is 0 Å². The van der Waals surface area contributed by atoms with Gasteiger partial charge in [-0.05, 0) is 26.3 Å². The molecule has 3 rings (SSSR count). The lowest BCUT2D eigenvalue weighted by Crippen LogP contribution is -2.33. The predicted molar refractivity (Wildman–Crippen MR) is 88.9 cm³/mol. The molecule has 0 aromatic carbocycles. The first kappa shape index (κ1) is 16.6. The van der Waals surface area contributed by atoms with Crippen LogP contribution in [0.5, 0.6) is 5.88 Å². The van der Waals surface area contributed by atoms with Crippen LogP contribution >= 0.6 is 0 Å². The molecule has 0 spiro atoms. The molecule has 8 nitrogen and oxygen atoms in total. The first-order valence-corrected chi connectivity index (χ1v) is 8.27. The van der Waals surface area contributed by atoms with E-state index in [0.29, 0.717) is 24.4 Å². The normalized spacial score (nSPS) is 18.7. The highest BCUT2D eigenvalue weighted by atomic mass is 16.5. The maximum atomic E-state index is 5.20. The van der Waals surface area contributed by atoms with Gasteiger partial charge in [-0.2, -0.15) is 9.97 Å². The van der Waals surface area contributed by atoms with E-state index in [1.54, 1.807) is 19.4 Å². The summed E-state index contributed by atoms with van der Waals surface area (Å²) < 4.78 is 10.2. The largest absolute Gasteiger partial charge is 0.481 e. The molecule has 0 amide bonds. The molecular formula is C16H24N6O2. The van der Waals surface area contributed by atoms with Gasteiger partial charge in [0.05, 0.1) is 13.7 Å². The van der Waals surface area contributed by atoms with Crippen molar-refractivity contribution in [2.75, 3.05) is 32.1 Å². The summed E-state index contributed by atoms with van der Waals surface area (Å²) in [6.07, 6.45) is 5.02. The van der Waals surface area contributed by atoms with Crippen molar-refractivity contribution in [3.05, 3.63) is 24.0 Å². The third kappa shape index (κ3) is 4.00. The van der Waals surface area contributed by atoms with Crippen LogP contribution in [0.4, 0.5) is 5.95 Å². The predicted octanol–water partition coefficient (Wildman–Crippen LogP) is 1.67. The van der Waals surface area contributed by atoms with Crippen LogP contribution in [0.1, 0.15) is 31.0 Å². The number of hydrogen-bond donors (Lipinski definition) is 0. The van der Waals surface area contributed by atoms with E-state index in [4.69, 9.17) is 9.26 Å². The van der Waals surface area contributed by atoms with Gasteiger partial charge in [0.15, 0.2) is 5.82 Å². The van der Waals surface area contributed by atoms with Gasteiger partial charge in [-0.25, -0.2) is 4.98 Å². The van der Waals surface area contributed by atoms with E-state index in [1.807, 2.05) is 6.92 Å². The molecule has 1 fully saturated rings. The zero-order chi connectivity index (χ0) is 16.9. The molecule has 24 heavy (non-hydrogen) atoms. The Hall–Kier alpha value is -2.22. The van der Waals surface area contributed by atoms with E-state index in [-0.39, 0.29) is 0 Å². The van der Waals surface area contributed by atoms with Crippen molar-refractivity contribution in [2.45, 2.75) is 38.8 Å². The molecule has 2 aromatic rings. The van der Waals surface area contributed by atoms with Crippen LogP contribution in [-0.2, 0) is 6.54 Å². The van der Waals surface area contributed by atoms with Crippen molar-refractivity contribution >= 4 is 5.95 Å². The molecule has 0 saturated carbocycles. The minimum Gasteiger partial charge on any atom is -0.481 e. The molecule has 0 N–H and O–H groups in total. The van der Waals surface area contributed by atoms with Gasteiger partial charge in [-0.1, -0.05) is 5.16 Å². The van der Waals surface area contributed by atoms with Gasteiger partial charge in [0.2, 0.25) is 17.7 Å². The van der Waals surface area contributed by atoms with Crippen LogP contribution < -0.4 is 9.64 Å². The van der Waals surface area contributed by atoms with Gasteiger partial charge in [0.1, 0.15) is 0 Å². The van der Waals surface area contributed by atoms with Crippen LogP contribution in [0.15, 0.2) is 16.8 Å². The molecule has 1 aliphatic rings. The fourth-order valence-corrected chi connectivity index (χ4v) is 3.08. The van der Waals surface area contributed by atoms with Crippen LogP contribution in [0, 0.1) is 6.92 Å². The van der Waals surface area contributed by atoms with E-state index >= 15 is 0 Å². The molecule has 0 radical (unpaired) electrons. The molecule has 2 aromatic heterocycles. The van der Waals surface area contributed by atoms with Gasteiger partial charge in [0, 0.05) is 38.3 Å². The number of rotatable bonds is 5. The van der Waals surface area contributed by atoms with Crippen LogP contribution in [-0.4, -0.2) is 58.3 Å². The summed E-state index contributed by atoms with van der Waals surface area (Å²) in [5.74, 6) is 2.70. The molecular weight excluding hydrogens is 308 g/mol. The molecule has 0 aliphatic carbocycles. The molecule has 1 unspecified atom stereocenters. The van der Waals surface area contributed by atoms with Gasteiger partial charge < -0.3 is 14.2 Å². The first-order valence-electron chi connectivity index (χ1n) is 8.27. The Morgan fingerprint density at radius 3 is 2.96 bits per heavy atom. The van der Waals surface area contributed by atoms with Crippen molar-refractivity contribution in [2.24, 2.45) is 0 Å². The second kappa shape index (κ2) is 7.57. The average Bonchev–Trinajstić information content (AvgIpc) is 2.86. The summed E-state index contributed by atoms with van der Waals surface area (Å²) in [7, 11) is 3.74. The zero-order valence-electron chi connectivity index (χ0n) is 14.5. The van der Waals surface area contributed by atoms with E-state index in [9.17, 15) is 0 Å². The quantitative estimate of drug-likeness (QED) is 0.818. The van der Waals surface area contributed by atoms with Crippen molar-refractivity contribution in [1.29, 1.82) is 0 Å².